The Bertz CT molecular complexity index is 386. The number of rotatable bonds is 8. The number of carboxylic acid groups (broad SMARTS) is 1. The maximum Gasteiger partial charge on any atom is 0.307 e. The van der Waals surface area contributed by atoms with E-state index < -0.39 is 18.0 Å². The molecule has 0 unspecified atom stereocenters. The highest BCUT2D eigenvalue weighted by Crippen LogP contribution is 2.07. The fourth-order valence-electron chi connectivity index (χ4n) is 1.61. The molecular weight excluding hydrogens is 248 g/mol. The molecule has 0 fully saturated rings. The first kappa shape index (κ1) is 15.2. The number of hydrogen-bond acceptors (Lipinski definition) is 4. The van der Waals surface area contributed by atoms with E-state index in [1.165, 1.54) is 6.92 Å². The lowest BCUT2D eigenvalue weighted by Crippen LogP contribution is -2.22. The average molecular weight is 266 g/mol. The number of hydrogen-bond donors (Lipinski definition) is 1. The highest BCUT2D eigenvalue weighted by Gasteiger charge is 2.16. The molecule has 1 N–H and O–H groups in total. The highest BCUT2D eigenvalue weighted by molar-refractivity contribution is 5.69. The van der Waals surface area contributed by atoms with E-state index >= 15 is 0 Å². The summed E-state index contributed by atoms with van der Waals surface area (Å²) in [5.41, 5.74) is 1.05. The fraction of sp³-hybridized carbons (Fsp3) is 0.429. The van der Waals surface area contributed by atoms with Crippen molar-refractivity contribution in [1.29, 1.82) is 0 Å². The molecular formula is C14H18O5. The third-order valence-electron chi connectivity index (χ3n) is 2.43. The minimum Gasteiger partial charge on any atom is -0.481 e. The van der Waals surface area contributed by atoms with Crippen molar-refractivity contribution in [3.63, 3.8) is 0 Å². The quantitative estimate of drug-likeness (QED) is 0.575. The highest BCUT2D eigenvalue weighted by atomic mass is 16.5. The summed E-state index contributed by atoms with van der Waals surface area (Å²) < 4.78 is 10.3. The topological polar surface area (TPSA) is 72.8 Å². The summed E-state index contributed by atoms with van der Waals surface area (Å²) in [4.78, 5) is 21.4. The fourth-order valence-corrected chi connectivity index (χ4v) is 1.61. The van der Waals surface area contributed by atoms with Crippen LogP contribution in [-0.2, 0) is 25.7 Å². The van der Waals surface area contributed by atoms with Crippen LogP contribution in [0.2, 0.25) is 0 Å². The van der Waals surface area contributed by atoms with Crippen LogP contribution < -0.4 is 0 Å². The molecule has 0 amide bonds. The molecule has 104 valence electrons. The minimum absolute atomic E-state index is 0.200. The Morgan fingerprint density at radius 1 is 1.26 bits per heavy atom. The van der Waals surface area contributed by atoms with Crippen LogP contribution in [0.25, 0.3) is 0 Å². The second kappa shape index (κ2) is 8.26. The van der Waals surface area contributed by atoms with Crippen LogP contribution in [0.3, 0.4) is 0 Å². The van der Waals surface area contributed by atoms with Crippen molar-refractivity contribution in [2.75, 3.05) is 6.61 Å². The molecule has 1 rings (SSSR count). The molecule has 1 aromatic carbocycles. The Hall–Kier alpha value is -1.88. The zero-order chi connectivity index (χ0) is 14.1. The summed E-state index contributed by atoms with van der Waals surface area (Å²) in [6, 6.07) is 9.66. The van der Waals surface area contributed by atoms with Crippen LogP contribution in [0.4, 0.5) is 0 Å². The number of aliphatic carboxylic acids is 1. The maximum atomic E-state index is 10.8. The predicted molar refractivity (Wildman–Crippen MR) is 68.5 cm³/mol. The van der Waals surface area contributed by atoms with Gasteiger partial charge >= 0.3 is 11.9 Å². The standard InChI is InChI=1S/C14H18O5/c1-11(15)19-13(9-14(16)17)7-8-18-10-12-5-3-2-4-6-12/h2-6,13H,7-10H2,1H3,(H,16,17)/t13-/m1/s1. The molecule has 0 heterocycles. The molecule has 0 aliphatic rings. The summed E-state index contributed by atoms with van der Waals surface area (Å²) in [5.74, 6) is -1.47. The molecule has 0 saturated carbocycles. The Balaban J connectivity index is 2.27. The summed E-state index contributed by atoms with van der Waals surface area (Å²) >= 11 is 0. The van der Waals surface area contributed by atoms with Crippen LogP contribution >= 0.6 is 0 Å². The van der Waals surface area contributed by atoms with Crippen molar-refractivity contribution < 1.29 is 24.2 Å². The van der Waals surface area contributed by atoms with Crippen molar-refractivity contribution >= 4 is 11.9 Å². The van der Waals surface area contributed by atoms with E-state index in [9.17, 15) is 9.59 Å². The second-order valence-corrected chi connectivity index (χ2v) is 4.16. The van der Waals surface area contributed by atoms with Crippen molar-refractivity contribution in [2.24, 2.45) is 0 Å². The van der Waals surface area contributed by atoms with Crippen LogP contribution in [0.1, 0.15) is 25.3 Å². The van der Waals surface area contributed by atoms with Gasteiger partial charge in [0.15, 0.2) is 0 Å². The number of carboxylic acids is 1. The normalized spacial score (nSPS) is 11.8. The van der Waals surface area contributed by atoms with Crippen LogP contribution in [-0.4, -0.2) is 29.8 Å². The van der Waals surface area contributed by atoms with Gasteiger partial charge in [-0.15, -0.1) is 0 Å². The van der Waals surface area contributed by atoms with Crippen LogP contribution in [0, 0.1) is 0 Å². The number of carbonyl (C=O) groups is 2. The maximum absolute atomic E-state index is 10.8. The van der Waals surface area contributed by atoms with Crippen LogP contribution in [0.15, 0.2) is 30.3 Å². The van der Waals surface area contributed by atoms with Gasteiger partial charge in [0, 0.05) is 13.3 Å². The van der Waals surface area contributed by atoms with Crippen molar-refractivity contribution in [3.8, 4) is 0 Å². The lowest BCUT2D eigenvalue weighted by Gasteiger charge is -2.15. The smallest absolute Gasteiger partial charge is 0.307 e. The third-order valence-corrected chi connectivity index (χ3v) is 2.43. The number of benzene rings is 1. The first-order valence-electron chi connectivity index (χ1n) is 6.08. The van der Waals surface area contributed by atoms with E-state index in [1.54, 1.807) is 0 Å². The largest absolute Gasteiger partial charge is 0.481 e. The van der Waals surface area contributed by atoms with Gasteiger partial charge < -0.3 is 14.6 Å². The van der Waals surface area contributed by atoms with E-state index in [0.29, 0.717) is 19.6 Å². The van der Waals surface area contributed by atoms with Crippen molar-refractivity contribution in [2.45, 2.75) is 32.5 Å². The number of esters is 1. The van der Waals surface area contributed by atoms with Gasteiger partial charge in [-0.2, -0.15) is 0 Å². The van der Waals surface area contributed by atoms with E-state index in [1.807, 2.05) is 30.3 Å². The number of ether oxygens (including phenoxy) is 2. The minimum atomic E-state index is -0.991. The van der Waals surface area contributed by atoms with E-state index in [-0.39, 0.29) is 6.42 Å². The summed E-state index contributed by atoms with van der Waals surface area (Å²) in [6.45, 7) is 2.07. The molecule has 5 heteroatoms. The monoisotopic (exact) mass is 266 g/mol. The Morgan fingerprint density at radius 3 is 2.53 bits per heavy atom. The van der Waals surface area contributed by atoms with Gasteiger partial charge in [-0.25, -0.2) is 0 Å². The lowest BCUT2D eigenvalue weighted by atomic mass is 10.2. The van der Waals surface area contributed by atoms with Gasteiger partial charge in [0.25, 0.3) is 0 Å². The Labute approximate surface area is 112 Å². The van der Waals surface area contributed by atoms with E-state index in [2.05, 4.69) is 0 Å². The molecule has 1 aromatic rings. The zero-order valence-electron chi connectivity index (χ0n) is 10.9. The summed E-state index contributed by atoms with van der Waals surface area (Å²) in [6.07, 6.45) is -0.460. The molecule has 0 saturated heterocycles. The van der Waals surface area contributed by atoms with E-state index in [0.717, 1.165) is 5.56 Å². The third kappa shape index (κ3) is 7.21. The number of carbonyl (C=O) groups excluding carboxylic acids is 1. The zero-order valence-corrected chi connectivity index (χ0v) is 10.9. The van der Waals surface area contributed by atoms with Crippen molar-refractivity contribution in [1.82, 2.24) is 0 Å². The molecule has 0 aromatic heterocycles. The average Bonchev–Trinajstić information content (AvgIpc) is 2.34. The van der Waals surface area contributed by atoms with Gasteiger partial charge in [0.1, 0.15) is 6.10 Å². The predicted octanol–water partition coefficient (Wildman–Crippen LogP) is 2.00. The summed E-state index contributed by atoms with van der Waals surface area (Å²) in [7, 11) is 0. The van der Waals surface area contributed by atoms with Gasteiger partial charge in [0.05, 0.1) is 19.6 Å². The molecule has 0 bridgehead atoms. The van der Waals surface area contributed by atoms with E-state index in [4.69, 9.17) is 14.6 Å². The summed E-state index contributed by atoms with van der Waals surface area (Å²) in [5, 5.41) is 8.70. The van der Waals surface area contributed by atoms with Gasteiger partial charge in [-0.1, -0.05) is 30.3 Å². The molecule has 0 radical (unpaired) electrons. The molecule has 0 aliphatic carbocycles. The Kier molecular flexibility index (Phi) is 6.60. The molecule has 1 atom stereocenters. The first-order valence-corrected chi connectivity index (χ1v) is 6.08. The van der Waals surface area contributed by atoms with Gasteiger partial charge in [-0.3, -0.25) is 9.59 Å². The van der Waals surface area contributed by atoms with Gasteiger partial charge in [0.2, 0.25) is 0 Å². The van der Waals surface area contributed by atoms with Gasteiger partial charge in [-0.05, 0) is 5.56 Å². The molecule has 0 aliphatic heterocycles. The SMILES string of the molecule is CC(=O)O[C@H](CCOCc1ccccc1)CC(=O)O. The van der Waals surface area contributed by atoms with Crippen molar-refractivity contribution in [3.05, 3.63) is 35.9 Å². The Morgan fingerprint density at radius 2 is 1.95 bits per heavy atom. The molecule has 0 spiro atoms. The lowest BCUT2D eigenvalue weighted by molar-refractivity contribution is -0.151. The van der Waals surface area contributed by atoms with Crippen LogP contribution in [0.5, 0.6) is 0 Å². The first-order chi connectivity index (χ1) is 9.08. The molecule has 19 heavy (non-hydrogen) atoms. The molecule has 5 nitrogen and oxygen atoms in total. The second-order valence-electron chi connectivity index (χ2n) is 4.16.